The SMILES string of the molecule is CCOP(=O)(OCC)SC[C@H]1OC(n2cnc(C(N)=O)n2)[C@H](O)[C@@H]1O. The van der Waals surface area contributed by atoms with Gasteiger partial charge < -0.3 is 29.7 Å². The number of ether oxygens (including phenoxy) is 1. The highest BCUT2D eigenvalue weighted by Crippen LogP contribution is 2.61. The third-order valence-corrected chi connectivity index (χ3v) is 7.27. The number of nitrogens with two attached hydrogens (primary N) is 1. The number of aliphatic hydroxyl groups excluding tert-OH is 2. The van der Waals surface area contributed by atoms with E-state index in [1.54, 1.807) is 13.8 Å². The smallest absolute Gasteiger partial charge is 0.387 e. The Bertz CT molecular complexity index is 635. The molecule has 1 aliphatic rings. The van der Waals surface area contributed by atoms with Crippen molar-refractivity contribution in [1.82, 2.24) is 14.8 Å². The Kier molecular flexibility index (Phi) is 6.97. The molecule has 1 unspecified atom stereocenters. The molecule has 2 heterocycles. The number of hydrogen-bond acceptors (Lipinski definition) is 10. The molecule has 1 aliphatic heterocycles. The van der Waals surface area contributed by atoms with Gasteiger partial charge in [-0.25, -0.2) is 14.2 Å². The number of amides is 1. The van der Waals surface area contributed by atoms with Crippen molar-refractivity contribution in [3.8, 4) is 0 Å². The molecule has 1 aromatic rings. The van der Waals surface area contributed by atoms with Crippen molar-refractivity contribution in [3.63, 3.8) is 0 Å². The van der Waals surface area contributed by atoms with Crippen LogP contribution in [0.3, 0.4) is 0 Å². The third-order valence-electron chi connectivity index (χ3n) is 3.30. The second-order valence-electron chi connectivity index (χ2n) is 5.04. The molecule has 13 heteroatoms. The van der Waals surface area contributed by atoms with Crippen molar-refractivity contribution < 1.29 is 33.4 Å². The van der Waals surface area contributed by atoms with Gasteiger partial charge in [0.05, 0.1) is 19.3 Å². The molecule has 0 saturated carbocycles. The molecule has 0 spiro atoms. The molecule has 1 saturated heterocycles. The Morgan fingerprint density at radius 1 is 1.40 bits per heavy atom. The van der Waals surface area contributed by atoms with Gasteiger partial charge in [0.1, 0.15) is 18.5 Å². The lowest BCUT2D eigenvalue weighted by molar-refractivity contribution is -0.0389. The van der Waals surface area contributed by atoms with Crippen LogP contribution in [0.15, 0.2) is 6.33 Å². The fourth-order valence-electron chi connectivity index (χ4n) is 2.19. The summed E-state index contributed by atoms with van der Waals surface area (Å²) >= 11 is 0.879. The third kappa shape index (κ3) is 4.79. The van der Waals surface area contributed by atoms with Gasteiger partial charge in [-0.3, -0.25) is 4.79 Å². The summed E-state index contributed by atoms with van der Waals surface area (Å²) < 4.78 is 29.4. The summed E-state index contributed by atoms with van der Waals surface area (Å²) in [6.07, 6.45) is -3.30. The van der Waals surface area contributed by atoms with Gasteiger partial charge in [-0.15, -0.1) is 5.10 Å². The lowest BCUT2D eigenvalue weighted by atomic mass is 10.1. The van der Waals surface area contributed by atoms with E-state index in [4.69, 9.17) is 19.5 Å². The van der Waals surface area contributed by atoms with E-state index in [1.807, 2.05) is 0 Å². The van der Waals surface area contributed by atoms with Gasteiger partial charge in [-0.1, -0.05) is 0 Å². The topological polar surface area (TPSA) is 159 Å². The van der Waals surface area contributed by atoms with Crippen molar-refractivity contribution in [1.29, 1.82) is 0 Å². The minimum Gasteiger partial charge on any atom is -0.387 e. The maximum Gasteiger partial charge on any atom is 0.389 e. The number of carbonyl (C=O) groups is 1. The highest BCUT2D eigenvalue weighted by atomic mass is 32.7. The van der Waals surface area contributed by atoms with Crippen molar-refractivity contribution in [3.05, 3.63) is 12.2 Å². The van der Waals surface area contributed by atoms with Gasteiger partial charge in [-0.05, 0) is 25.2 Å². The summed E-state index contributed by atoms with van der Waals surface area (Å²) in [4.78, 5) is 14.7. The monoisotopic (exact) mass is 396 g/mol. The molecule has 0 aliphatic carbocycles. The highest BCUT2D eigenvalue weighted by Gasteiger charge is 2.45. The van der Waals surface area contributed by atoms with Crippen molar-refractivity contribution in [2.75, 3.05) is 19.0 Å². The van der Waals surface area contributed by atoms with Gasteiger partial charge in [0.2, 0.25) is 5.82 Å². The van der Waals surface area contributed by atoms with Gasteiger partial charge in [-0.2, -0.15) is 0 Å². The molecule has 4 N–H and O–H groups in total. The number of nitrogens with zero attached hydrogens (tertiary/aromatic N) is 3. The maximum absolute atomic E-state index is 12.4. The second-order valence-corrected chi connectivity index (χ2v) is 9.16. The number of aromatic nitrogens is 3. The second kappa shape index (κ2) is 8.58. The predicted octanol–water partition coefficient (Wildman–Crippen LogP) is -0.0895. The van der Waals surface area contributed by atoms with E-state index in [0.717, 1.165) is 16.1 Å². The Morgan fingerprint density at radius 3 is 2.56 bits per heavy atom. The van der Waals surface area contributed by atoms with Crippen LogP contribution in [0.25, 0.3) is 0 Å². The van der Waals surface area contributed by atoms with E-state index in [2.05, 4.69) is 10.1 Å². The fourth-order valence-corrected chi connectivity index (χ4v) is 5.72. The number of carbonyl (C=O) groups excluding carboxylic acids is 1. The van der Waals surface area contributed by atoms with Crippen LogP contribution in [0.4, 0.5) is 0 Å². The first kappa shape index (κ1) is 20.3. The average Bonchev–Trinajstić information content (AvgIpc) is 3.13. The molecule has 25 heavy (non-hydrogen) atoms. The summed E-state index contributed by atoms with van der Waals surface area (Å²) in [5.74, 6) is -1.00. The summed E-state index contributed by atoms with van der Waals surface area (Å²) in [6.45, 7) is 0.420. The predicted molar refractivity (Wildman–Crippen MR) is 87.8 cm³/mol. The number of primary amides is 1. The van der Waals surface area contributed by atoms with Crippen LogP contribution < -0.4 is 5.73 Å². The summed E-state index contributed by atoms with van der Waals surface area (Å²) in [5.41, 5.74) is 5.08. The van der Waals surface area contributed by atoms with Crippen LogP contribution in [0.5, 0.6) is 0 Å². The molecule has 2 rings (SSSR count). The first-order valence-corrected chi connectivity index (χ1v) is 10.7. The normalized spacial score (nSPS) is 26.9. The zero-order valence-electron chi connectivity index (χ0n) is 13.7. The minimum absolute atomic E-state index is 0.0589. The highest BCUT2D eigenvalue weighted by molar-refractivity contribution is 8.55. The van der Waals surface area contributed by atoms with Crippen LogP contribution in [0.1, 0.15) is 30.7 Å². The zero-order chi connectivity index (χ0) is 18.6. The Hall–Kier alpha value is -1.01. The van der Waals surface area contributed by atoms with Crippen molar-refractivity contribution in [2.45, 2.75) is 38.4 Å². The van der Waals surface area contributed by atoms with Crippen molar-refractivity contribution >= 4 is 24.1 Å². The Morgan fingerprint density at radius 2 is 2.04 bits per heavy atom. The molecule has 11 nitrogen and oxygen atoms in total. The van der Waals surface area contributed by atoms with Crippen LogP contribution in [0.2, 0.25) is 0 Å². The maximum atomic E-state index is 12.4. The van der Waals surface area contributed by atoms with E-state index in [1.165, 1.54) is 6.33 Å². The van der Waals surface area contributed by atoms with E-state index in [-0.39, 0.29) is 24.8 Å². The molecule has 142 valence electrons. The first-order valence-electron chi connectivity index (χ1n) is 7.57. The van der Waals surface area contributed by atoms with Gasteiger partial charge in [0, 0.05) is 5.75 Å². The molecule has 0 radical (unpaired) electrons. The van der Waals surface area contributed by atoms with E-state index in [9.17, 15) is 19.6 Å². The summed E-state index contributed by atoms with van der Waals surface area (Å²) in [5, 5.41) is 24.1. The summed E-state index contributed by atoms with van der Waals surface area (Å²) in [7, 11) is 0. The molecule has 0 bridgehead atoms. The number of rotatable bonds is 9. The van der Waals surface area contributed by atoms with Crippen molar-refractivity contribution in [2.24, 2.45) is 5.73 Å². The number of hydrogen-bond donors (Lipinski definition) is 3. The lowest BCUT2D eigenvalue weighted by Gasteiger charge is -2.19. The Labute approximate surface area is 148 Å². The van der Waals surface area contributed by atoms with E-state index >= 15 is 0 Å². The first-order chi connectivity index (χ1) is 11.8. The van der Waals surface area contributed by atoms with Gasteiger partial charge in [0.15, 0.2) is 6.23 Å². The minimum atomic E-state index is -3.37. The Balaban J connectivity index is 2.03. The molecular formula is C12H21N4O7PS. The zero-order valence-corrected chi connectivity index (χ0v) is 15.4. The standard InChI is InChI=1S/C12H21N4O7PS/c1-3-21-24(20,22-4-2)25-5-7-8(17)9(18)12(23-7)16-6-14-11(15-16)10(13)19/h6-9,12,17-18H,3-5H2,1-2H3,(H2,13,19)/t7-,8-,9-,12?/m1/s1. The molecular weight excluding hydrogens is 375 g/mol. The fraction of sp³-hybridized carbons (Fsp3) is 0.750. The molecule has 4 atom stereocenters. The molecule has 1 fully saturated rings. The van der Waals surface area contributed by atoms with E-state index < -0.39 is 37.2 Å². The van der Waals surface area contributed by atoms with Crippen LogP contribution in [0, 0.1) is 0 Å². The quantitative estimate of drug-likeness (QED) is 0.481. The molecule has 0 aromatic carbocycles. The van der Waals surface area contributed by atoms with E-state index in [0.29, 0.717) is 0 Å². The summed E-state index contributed by atoms with van der Waals surface area (Å²) in [6, 6.07) is 0. The lowest BCUT2D eigenvalue weighted by Crippen LogP contribution is -2.32. The number of aliphatic hydroxyl groups is 2. The van der Waals surface area contributed by atoms with Gasteiger partial charge in [0.25, 0.3) is 5.91 Å². The molecule has 1 amide bonds. The largest absolute Gasteiger partial charge is 0.389 e. The average molecular weight is 396 g/mol. The van der Waals surface area contributed by atoms with Crippen LogP contribution >= 0.6 is 18.2 Å². The van der Waals surface area contributed by atoms with Gasteiger partial charge >= 0.3 is 6.80 Å². The molecule has 1 aromatic heterocycles. The van der Waals surface area contributed by atoms with Crippen LogP contribution in [-0.4, -0.2) is 68.2 Å². The van der Waals surface area contributed by atoms with Crippen LogP contribution in [-0.2, 0) is 18.3 Å².